The Labute approximate surface area is 181 Å². The zero-order chi connectivity index (χ0) is 21.5. The number of H-pyrrole nitrogens is 1. The molecule has 0 bridgehead atoms. The molecule has 1 aromatic heterocycles. The summed E-state index contributed by atoms with van der Waals surface area (Å²) in [5.74, 6) is -0.252. The number of amides is 2. The molecule has 0 spiro atoms. The maximum Gasteiger partial charge on any atom is 0.247 e. The van der Waals surface area contributed by atoms with Gasteiger partial charge >= 0.3 is 0 Å². The number of rotatable bonds is 3. The molecular weight excluding hydrogens is 398 g/mol. The van der Waals surface area contributed by atoms with E-state index in [0.717, 1.165) is 27.7 Å². The predicted molar refractivity (Wildman–Crippen MR) is 120 cm³/mol. The lowest BCUT2D eigenvalue weighted by molar-refractivity contribution is -0.140. The number of fused-ring (bicyclic) bond motifs is 3. The van der Waals surface area contributed by atoms with Crippen LogP contribution >= 0.6 is 11.6 Å². The quantitative estimate of drug-likeness (QED) is 0.655. The highest BCUT2D eigenvalue weighted by molar-refractivity contribution is 6.30. The van der Waals surface area contributed by atoms with E-state index >= 15 is 0 Å². The molecule has 1 unspecified atom stereocenters. The van der Waals surface area contributed by atoms with E-state index in [-0.39, 0.29) is 18.2 Å². The van der Waals surface area contributed by atoms with Crippen LogP contribution in [-0.2, 0) is 22.4 Å². The molecule has 1 aliphatic heterocycles. The first-order valence-electron chi connectivity index (χ1n) is 10.2. The number of nitrogens with one attached hydrogen (secondary N) is 2. The largest absolute Gasteiger partial charge is 0.358 e. The first-order chi connectivity index (χ1) is 14.2. The molecule has 2 N–H and O–H groups in total. The van der Waals surface area contributed by atoms with Crippen LogP contribution in [0.2, 0.25) is 5.02 Å². The highest BCUT2D eigenvalue weighted by atomic mass is 35.5. The third kappa shape index (κ3) is 4.08. The normalized spacial score (nSPS) is 15.6. The molecule has 0 aliphatic carbocycles. The summed E-state index contributed by atoms with van der Waals surface area (Å²) < 4.78 is 0. The Bertz CT molecular complexity index is 1100. The molecule has 0 saturated heterocycles. The number of nitrogens with zero attached hydrogens (tertiary/aromatic N) is 1. The summed E-state index contributed by atoms with van der Waals surface area (Å²) in [4.78, 5) is 31.7. The van der Waals surface area contributed by atoms with Gasteiger partial charge in [-0.05, 0) is 56.5 Å². The fourth-order valence-electron chi connectivity index (χ4n) is 4.13. The van der Waals surface area contributed by atoms with Gasteiger partial charge in [0, 0.05) is 33.7 Å². The Hall–Kier alpha value is -2.79. The van der Waals surface area contributed by atoms with Gasteiger partial charge in [-0.15, -0.1) is 0 Å². The number of hydrogen-bond donors (Lipinski definition) is 2. The smallest absolute Gasteiger partial charge is 0.247 e. The molecule has 6 heteroatoms. The summed E-state index contributed by atoms with van der Waals surface area (Å²) in [5, 5.41) is 4.78. The van der Waals surface area contributed by atoms with Crippen LogP contribution in [0.15, 0.2) is 48.5 Å². The second-order valence-corrected chi connectivity index (χ2v) is 9.27. The second kappa shape index (κ2) is 7.80. The summed E-state index contributed by atoms with van der Waals surface area (Å²) in [6, 6.07) is 14.6. The Balaban J connectivity index is 1.70. The van der Waals surface area contributed by atoms with E-state index in [2.05, 4.69) is 16.4 Å². The average Bonchev–Trinajstić information content (AvgIpc) is 2.93. The number of benzene rings is 2. The van der Waals surface area contributed by atoms with E-state index in [4.69, 9.17) is 11.6 Å². The summed E-state index contributed by atoms with van der Waals surface area (Å²) in [6.07, 6.45) is 0.939. The maximum absolute atomic E-state index is 13.3. The van der Waals surface area contributed by atoms with Crippen molar-refractivity contribution in [1.29, 1.82) is 0 Å². The van der Waals surface area contributed by atoms with Crippen LogP contribution in [0.3, 0.4) is 0 Å². The van der Waals surface area contributed by atoms with E-state index in [1.54, 1.807) is 17.0 Å². The maximum atomic E-state index is 13.3. The Kier molecular flexibility index (Phi) is 5.33. The number of carbonyl (C=O) groups excluding carboxylic acids is 2. The fourth-order valence-corrected chi connectivity index (χ4v) is 4.26. The van der Waals surface area contributed by atoms with Crippen molar-refractivity contribution in [2.24, 2.45) is 0 Å². The highest BCUT2D eigenvalue weighted by Crippen LogP contribution is 2.30. The summed E-state index contributed by atoms with van der Waals surface area (Å²) in [7, 11) is 0. The van der Waals surface area contributed by atoms with E-state index in [0.29, 0.717) is 18.0 Å². The number of para-hydroxylation sites is 1. The number of hydrogen-bond acceptors (Lipinski definition) is 2. The molecule has 1 aliphatic rings. The molecule has 2 heterocycles. The van der Waals surface area contributed by atoms with Crippen LogP contribution in [0.1, 0.15) is 43.6 Å². The van der Waals surface area contributed by atoms with Gasteiger partial charge in [0.05, 0.1) is 6.42 Å². The van der Waals surface area contributed by atoms with Crippen molar-refractivity contribution in [3.63, 3.8) is 0 Å². The van der Waals surface area contributed by atoms with Crippen LogP contribution in [0.5, 0.6) is 0 Å². The van der Waals surface area contributed by atoms with Gasteiger partial charge < -0.3 is 15.2 Å². The molecule has 3 aromatic rings. The molecule has 0 fully saturated rings. The predicted octanol–water partition coefficient (Wildman–Crippen LogP) is 4.40. The SMILES string of the molecule is CC(C)(C)NC(=O)C(c1ccc(Cl)cc1)N1CCc2c([nH]c3ccccc23)CC1=O. The van der Waals surface area contributed by atoms with Crippen LogP contribution in [-0.4, -0.2) is 33.8 Å². The van der Waals surface area contributed by atoms with Crippen molar-refractivity contribution in [2.45, 2.75) is 45.2 Å². The fraction of sp³-hybridized carbons (Fsp3) is 0.333. The number of halogens is 1. The van der Waals surface area contributed by atoms with Crippen molar-refractivity contribution in [2.75, 3.05) is 6.54 Å². The average molecular weight is 424 g/mol. The zero-order valence-corrected chi connectivity index (χ0v) is 18.2. The molecule has 30 heavy (non-hydrogen) atoms. The van der Waals surface area contributed by atoms with Gasteiger partial charge in [0.1, 0.15) is 6.04 Å². The standard InChI is InChI=1S/C24H26ClN3O2/c1-24(2,3)27-23(30)22(15-8-10-16(25)11-9-15)28-13-12-18-17-6-4-5-7-19(17)26-20(18)14-21(28)29/h4-11,22,26H,12-14H2,1-3H3,(H,27,30). The zero-order valence-electron chi connectivity index (χ0n) is 17.5. The minimum Gasteiger partial charge on any atom is -0.358 e. The minimum absolute atomic E-state index is 0.0654. The Morgan fingerprint density at radius 3 is 2.53 bits per heavy atom. The molecule has 2 aromatic carbocycles. The van der Waals surface area contributed by atoms with Gasteiger partial charge in [0.25, 0.3) is 0 Å². The number of aromatic nitrogens is 1. The number of carbonyl (C=O) groups is 2. The monoisotopic (exact) mass is 423 g/mol. The van der Waals surface area contributed by atoms with E-state index < -0.39 is 11.6 Å². The number of aromatic amines is 1. The van der Waals surface area contributed by atoms with Crippen molar-refractivity contribution in [3.05, 3.63) is 70.4 Å². The van der Waals surface area contributed by atoms with E-state index in [9.17, 15) is 9.59 Å². The van der Waals surface area contributed by atoms with Gasteiger partial charge in [0.15, 0.2) is 0 Å². The summed E-state index contributed by atoms with van der Waals surface area (Å²) in [5.41, 5.74) is 3.49. The lowest BCUT2D eigenvalue weighted by Gasteiger charge is -2.33. The van der Waals surface area contributed by atoms with Gasteiger partial charge in [0.2, 0.25) is 11.8 Å². The molecule has 156 valence electrons. The molecule has 4 rings (SSSR count). The third-order valence-corrected chi connectivity index (χ3v) is 5.65. The first kappa shape index (κ1) is 20.5. The van der Waals surface area contributed by atoms with Gasteiger partial charge in [-0.25, -0.2) is 0 Å². The minimum atomic E-state index is -0.704. The van der Waals surface area contributed by atoms with Crippen LogP contribution < -0.4 is 5.32 Å². The first-order valence-corrected chi connectivity index (χ1v) is 10.6. The second-order valence-electron chi connectivity index (χ2n) is 8.83. The van der Waals surface area contributed by atoms with Crippen LogP contribution in [0.4, 0.5) is 0 Å². The summed E-state index contributed by atoms with van der Waals surface area (Å²) >= 11 is 6.06. The Morgan fingerprint density at radius 1 is 1.13 bits per heavy atom. The Morgan fingerprint density at radius 2 is 1.83 bits per heavy atom. The molecule has 0 radical (unpaired) electrons. The van der Waals surface area contributed by atoms with Crippen molar-refractivity contribution in [3.8, 4) is 0 Å². The molecule has 0 saturated carbocycles. The van der Waals surface area contributed by atoms with Crippen molar-refractivity contribution >= 4 is 34.3 Å². The van der Waals surface area contributed by atoms with Crippen molar-refractivity contribution in [1.82, 2.24) is 15.2 Å². The lowest BCUT2D eigenvalue weighted by Crippen LogP contribution is -2.49. The molecule has 2 amide bonds. The van der Waals surface area contributed by atoms with Crippen molar-refractivity contribution < 1.29 is 9.59 Å². The molecular formula is C24H26ClN3O2. The highest BCUT2D eigenvalue weighted by Gasteiger charge is 2.35. The molecule has 5 nitrogen and oxygen atoms in total. The summed E-state index contributed by atoms with van der Waals surface area (Å²) in [6.45, 7) is 6.28. The van der Waals surface area contributed by atoms with E-state index in [1.165, 1.54) is 0 Å². The van der Waals surface area contributed by atoms with Crippen LogP contribution in [0, 0.1) is 0 Å². The topological polar surface area (TPSA) is 65.2 Å². The lowest BCUT2D eigenvalue weighted by atomic mass is 10.0. The van der Waals surface area contributed by atoms with E-state index in [1.807, 2.05) is 51.1 Å². The third-order valence-electron chi connectivity index (χ3n) is 5.40. The van der Waals surface area contributed by atoms with Gasteiger partial charge in [-0.3, -0.25) is 9.59 Å². The molecule has 1 atom stereocenters. The van der Waals surface area contributed by atoms with Gasteiger partial charge in [-0.2, -0.15) is 0 Å². The van der Waals surface area contributed by atoms with Crippen LogP contribution in [0.25, 0.3) is 10.9 Å². The van der Waals surface area contributed by atoms with Gasteiger partial charge in [-0.1, -0.05) is 41.9 Å².